The molecule has 0 aromatic heterocycles. The van der Waals surface area contributed by atoms with E-state index in [0.29, 0.717) is 16.5 Å². The number of carbonyl (C=O) groups excluding carboxylic acids is 1. The van der Waals surface area contributed by atoms with Crippen LogP contribution in [0.25, 0.3) is 10.8 Å². The van der Waals surface area contributed by atoms with Gasteiger partial charge in [-0.05, 0) is 34.5 Å². The molecule has 0 saturated heterocycles. The zero-order valence-electron chi connectivity index (χ0n) is 16.9. The van der Waals surface area contributed by atoms with Gasteiger partial charge < -0.3 is 16.6 Å². The van der Waals surface area contributed by atoms with E-state index in [0.717, 1.165) is 5.39 Å². The minimum atomic E-state index is -4.09. The molecule has 7 N–H and O–H groups in total. The zero-order chi connectivity index (χ0) is 23.5. The third-order valence-corrected chi connectivity index (χ3v) is 6.45. The minimum Gasteiger partial charge on any atom is -0.480 e. The number of sulfonamides is 1. The number of ketones is 1. The van der Waals surface area contributed by atoms with Crippen LogP contribution in [0.4, 0.5) is 0 Å². The monoisotopic (exact) mass is 454 g/mol. The molecule has 32 heavy (non-hydrogen) atoms. The molecule has 0 fully saturated rings. The van der Waals surface area contributed by atoms with Crippen LogP contribution in [0, 0.1) is 5.41 Å². The van der Waals surface area contributed by atoms with Crippen molar-refractivity contribution in [1.82, 2.24) is 4.72 Å². The number of carboxylic acids is 1. The Bertz CT molecular complexity index is 1320. The quantitative estimate of drug-likeness (QED) is 0.182. The molecule has 0 radical (unpaired) electrons. The Hall–Kier alpha value is -3.60. The van der Waals surface area contributed by atoms with E-state index in [1.54, 1.807) is 36.4 Å². The summed E-state index contributed by atoms with van der Waals surface area (Å²) in [5.74, 6) is -2.83. The lowest BCUT2D eigenvalue weighted by Crippen LogP contribution is -2.59. The van der Waals surface area contributed by atoms with Crippen molar-refractivity contribution in [2.24, 2.45) is 11.5 Å². The summed E-state index contributed by atoms with van der Waals surface area (Å²) >= 11 is 0. The highest BCUT2D eigenvalue weighted by Gasteiger charge is 2.42. The number of amidine groups is 1. The lowest BCUT2D eigenvalue weighted by atomic mass is 9.87. The van der Waals surface area contributed by atoms with Crippen LogP contribution in [-0.2, 0) is 26.0 Å². The smallest absolute Gasteiger partial charge is 0.331 e. The van der Waals surface area contributed by atoms with E-state index >= 15 is 0 Å². The minimum absolute atomic E-state index is 0.0592. The third kappa shape index (κ3) is 4.83. The van der Waals surface area contributed by atoms with Crippen molar-refractivity contribution >= 4 is 38.4 Å². The van der Waals surface area contributed by atoms with E-state index in [1.165, 1.54) is 18.2 Å². The normalized spacial score (nSPS) is 13.4. The fourth-order valence-corrected chi connectivity index (χ4v) is 4.22. The van der Waals surface area contributed by atoms with E-state index < -0.39 is 40.3 Å². The van der Waals surface area contributed by atoms with Gasteiger partial charge in [0.05, 0.1) is 11.4 Å². The lowest BCUT2D eigenvalue weighted by molar-refractivity contribution is -0.148. The summed E-state index contributed by atoms with van der Waals surface area (Å²) in [6.45, 7) is -0.801. The molecule has 0 aliphatic heterocycles. The number of fused-ring (bicyclic) bond motifs is 1. The van der Waals surface area contributed by atoms with Gasteiger partial charge in [0.15, 0.2) is 11.3 Å². The molecule has 0 saturated carbocycles. The highest BCUT2D eigenvalue weighted by atomic mass is 32.2. The molecule has 1 atom stereocenters. The van der Waals surface area contributed by atoms with Gasteiger partial charge in [0, 0.05) is 12.0 Å². The third-order valence-electron chi connectivity index (χ3n) is 5.05. The predicted octanol–water partition coefficient (Wildman–Crippen LogP) is 0.996. The summed E-state index contributed by atoms with van der Waals surface area (Å²) in [4.78, 5) is 24.5. The van der Waals surface area contributed by atoms with E-state index in [9.17, 15) is 23.1 Å². The number of hydrogen-bond acceptors (Lipinski definition) is 6. The number of nitrogen functional groups attached to an aromatic ring is 1. The zero-order valence-corrected chi connectivity index (χ0v) is 17.7. The van der Waals surface area contributed by atoms with Crippen molar-refractivity contribution < 1.29 is 23.1 Å². The molecule has 0 aliphatic rings. The van der Waals surface area contributed by atoms with Crippen molar-refractivity contribution in [2.45, 2.75) is 16.9 Å². The van der Waals surface area contributed by atoms with Crippen molar-refractivity contribution in [1.29, 1.82) is 5.41 Å². The second kappa shape index (κ2) is 8.87. The van der Waals surface area contributed by atoms with Crippen LogP contribution in [0.1, 0.15) is 11.1 Å². The maximum atomic E-state index is 12.7. The summed E-state index contributed by atoms with van der Waals surface area (Å²) in [6, 6.07) is 17.8. The first kappa shape index (κ1) is 23.1. The first-order valence-corrected chi connectivity index (χ1v) is 11.0. The van der Waals surface area contributed by atoms with Gasteiger partial charge in [0.2, 0.25) is 10.0 Å². The van der Waals surface area contributed by atoms with Gasteiger partial charge in [-0.3, -0.25) is 10.2 Å². The number of rotatable bonds is 9. The number of carboxylic acid groups (broad SMARTS) is 1. The molecule has 1 unspecified atom stereocenters. The first-order chi connectivity index (χ1) is 15.0. The second-order valence-corrected chi connectivity index (χ2v) is 9.09. The van der Waals surface area contributed by atoms with Gasteiger partial charge in [0.1, 0.15) is 5.84 Å². The molecule has 0 aliphatic carbocycles. The van der Waals surface area contributed by atoms with Crippen LogP contribution >= 0.6 is 0 Å². The van der Waals surface area contributed by atoms with Gasteiger partial charge in [0.25, 0.3) is 0 Å². The van der Waals surface area contributed by atoms with Gasteiger partial charge in [-0.15, -0.1) is 0 Å². The Morgan fingerprint density at radius 1 is 1.00 bits per heavy atom. The molecule has 0 bridgehead atoms. The van der Waals surface area contributed by atoms with Gasteiger partial charge in [-0.25, -0.2) is 17.9 Å². The van der Waals surface area contributed by atoms with E-state index in [-0.39, 0.29) is 10.7 Å². The van der Waals surface area contributed by atoms with E-state index in [2.05, 4.69) is 4.72 Å². The first-order valence-electron chi connectivity index (χ1n) is 9.50. The summed E-state index contributed by atoms with van der Waals surface area (Å²) in [7, 11) is -4.09. The topological polar surface area (TPSA) is 176 Å². The SMILES string of the molecule is N=C(N)c1cccc(CC(N)(C(=O)O)C(=O)CNS(=O)(=O)c2ccc3ccccc3c2)c1. The lowest BCUT2D eigenvalue weighted by Gasteiger charge is -2.23. The number of nitrogens with two attached hydrogens (primary N) is 2. The number of aliphatic carboxylic acids is 1. The highest BCUT2D eigenvalue weighted by molar-refractivity contribution is 7.89. The molecule has 3 rings (SSSR count). The molecule has 3 aromatic carbocycles. The summed E-state index contributed by atoms with van der Waals surface area (Å²) in [6.07, 6.45) is -0.403. The number of carbonyl (C=O) groups is 2. The van der Waals surface area contributed by atoms with Crippen molar-refractivity contribution in [2.75, 3.05) is 6.54 Å². The van der Waals surface area contributed by atoms with Crippen molar-refractivity contribution in [3.05, 3.63) is 77.9 Å². The van der Waals surface area contributed by atoms with E-state index in [4.69, 9.17) is 16.9 Å². The van der Waals surface area contributed by atoms with Gasteiger partial charge in [-0.2, -0.15) is 0 Å². The number of Topliss-reactive ketones (excluding diaryl/α,β-unsaturated/α-hetero) is 1. The van der Waals surface area contributed by atoms with Crippen LogP contribution in [0.15, 0.2) is 71.6 Å². The largest absolute Gasteiger partial charge is 0.480 e. The molecular weight excluding hydrogens is 432 g/mol. The average molecular weight is 455 g/mol. The second-order valence-electron chi connectivity index (χ2n) is 7.32. The Morgan fingerprint density at radius 3 is 2.34 bits per heavy atom. The van der Waals surface area contributed by atoms with Crippen LogP contribution in [0.5, 0.6) is 0 Å². The van der Waals surface area contributed by atoms with Crippen molar-refractivity contribution in [3.63, 3.8) is 0 Å². The molecular formula is C22H22N4O5S. The Kier molecular flexibility index (Phi) is 6.40. The molecule has 166 valence electrons. The Morgan fingerprint density at radius 2 is 1.69 bits per heavy atom. The fraction of sp³-hybridized carbons (Fsp3) is 0.136. The summed E-state index contributed by atoms with van der Waals surface area (Å²) in [5.41, 5.74) is 9.70. The molecule has 0 amide bonds. The van der Waals surface area contributed by atoms with E-state index in [1.807, 2.05) is 12.1 Å². The van der Waals surface area contributed by atoms with Crippen molar-refractivity contribution in [3.8, 4) is 0 Å². The number of hydrogen-bond donors (Lipinski definition) is 5. The Balaban J connectivity index is 1.79. The average Bonchev–Trinajstić information content (AvgIpc) is 2.77. The van der Waals surface area contributed by atoms with Gasteiger partial charge in [-0.1, -0.05) is 48.5 Å². The molecule has 9 nitrogen and oxygen atoms in total. The molecule has 0 spiro atoms. The summed E-state index contributed by atoms with van der Waals surface area (Å²) < 4.78 is 27.5. The van der Waals surface area contributed by atoms with Crippen LogP contribution < -0.4 is 16.2 Å². The van der Waals surface area contributed by atoms with Crippen LogP contribution in [0.3, 0.4) is 0 Å². The summed E-state index contributed by atoms with van der Waals surface area (Å²) in [5, 5.41) is 18.7. The number of nitrogens with one attached hydrogen (secondary N) is 2. The van der Waals surface area contributed by atoms with Gasteiger partial charge >= 0.3 is 5.97 Å². The van der Waals surface area contributed by atoms with Crippen LogP contribution in [0.2, 0.25) is 0 Å². The molecule has 10 heteroatoms. The van der Waals surface area contributed by atoms with Crippen LogP contribution in [-0.4, -0.2) is 43.2 Å². The molecule has 0 heterocycles. The fourth-order valence-electron chi connectivity index (χ4n) is 3.20. The standard InChI is InChI=1S/C22H22N4O5S/c23-20(24)17-7-3-4-14(10-17)12-22(25,21(28)29)19(27)13-26-32(30,31)18-9-8-15-5-1-2-6-16(15)11-18/h1-11,26H,12-13,25H2,(H3,23,24)(H,28,29). The molecule has 3 aromatic rings. The maximum absolute atomic E-state index is 12.7. The maximum Gasteiger partial charge on any atom is 0.331 e. The predicted molar refractivity (Wildman–Crippen MR) is 120 cm³/mol. The Labute approximate surface area is 184 Å². The number of benzene rings is 3. The highest BCUT2D eigenvalue weighted by Crippen LogP contribution is 2.19.